The van der Waals surface area contributed by atoms with Crippen molar-refractivity contribution < 1.29 is 0 Å². The number of piperidine rings is 1. The second kappa shape index (κ2) is 6.53. The zero-order valence-corrected chi connectivity index (χ0v) is 13.5. The molecule has 22 heavy (non-hydrogen) atoms. The molecule has 0 saturated carbocycles. The van der Waals surface area contributed by atoms with Gasteiger partial charge in [0.25, 0.3) is 0 Å². The van der Waals surface area contributed by atoms with Crippen LogP contribution in [0.4, 0.5) is 0 Å². The Morgan fingerprint density at radius 3 is 2.73 bits per heavy atom. The van der Waals surface area contributed by atoms with E-state index in [9.17, 15) is 4.79 Å². The van der Waals surface area contributed by atoms with E-state index >= 15 is 0 Å². The molecule has 1 aromatic heterocycles. The van der Waals surface area contributed by atoms with Gasteiger partial charge in [0.15, 0.2) is 0 Å². The summed E-state index contributed by atoms with van der Waals surface area (Å²) >= 11 is 0. The molecule has 0 spiro atoms. The van der Waals surface area contributed by atoms with Crippen molar-refractivity contribution in [3.05, 3.63) is 52.7 Å². The third-order valence-corrected chi connectivity index (χ3v) is 4.49. The van der Waals surface area contributed by atoms with Gasteiger partial charge in [0, 0.05) is 24.5 Å². The highest BCUT2D eigenvalue weighted by Gasteiger charge is 2.16. The van der Waals surface area contributed by atoms with Gasteiger partial charge in [0.1, 0.15) is 0 Å². The summed E-state index contributed by atoms with van der Waals surface area (Å²) in [6.45, 7) is 5.17. The van der Waals surface area contributed by atoms with E-state index in [-0.39, 0.29) is 11.7 Å². The third kappa shape index (κ3) is 3.02. The molecule has 0 bridgehead atoms. The molecule has 118 valence electrons. The zero-order valence-electron chi connectivity index (χ0n) is 13.5. The second-order valence-electron chi connectivity index (χ2n) is 6.43. The van der Waals surface area contributed by atoms with Crippen molar-refractivity contribution in [1.82, 2.24) is 14.5 Å². The van der Waals surface area contributed by atoms with Crippen LogP contribution in [0.2, 0.25) is 0 Å². The third-order valence-electron chi connectivity index (χ3n) is 4.49. The highest BCUT2D eigenvalue weighted by molar-refractivity contribution is 5.41. The molecule has 1 aromatic carbocycles. The van der Waals surface area contributed by atoms with E-state index in [4.69, 9.17) is 0 Å². The highest BCUT2D eigenvalue weighted by atomic mass is 16.1. The van der Waals surface area contributed by atoms with Crippen LogP contribution in [0, 0.1) is 0 Å². The second-order valence-corrected chi connectivity index (χ2v) is 6.43. The van der Waals surface area contributed by atoms with Crippen LogP contribution in [-0.4, -0.2) is 21.7 Å². The number of nitrogens with one attached hydrogen (secondary N) is 1. The molecule has 1 fully saturated rings. The SMILES string of the molecule is CC(C)n1ccn(-c2ccccc2CC2CCCCN2)c1=O. The first-order valence-corrected chi connectivity index (χ1v) is 8.28. The summed E-state index contributed by atoms with van der Waals surface area (Å²) in [5.74, 6) is 0. The van der Waals surface area contributed by atoms with Gasteiger partial charge in [-0.25, -0.2) is 4.79 Å². The summed E-state index contributed by atoms with van der Waals surface area (Å²) in [6, 6.07) is 8.96. The van der Waals surface area contributed by atoms with Crippen LogP contribution >= 0.6 is 0 Å². The first-order chi connectivity index (χ1) is 10.7. The van der Waals surface area contributed by atoms with E-state index in [2.05, 4.69) is 17.4 Å². The number of hydrogen-bond acceptors (Lipinski definition) is 2. The van der Waals surface area contributed by atoms with Gasteiger partial charge in [-0.1, -0.05) is 24.6 Å². The molecule has 1 saturated heterocycles. The summed E-state index contributed by atoms with van der Waals surface area (Å²) in [6.07, 6.45) is 8.53. The predicted octanol–water partition coefficient (Wildman–Crippen LogP) is 2.90. The first kappa shape index (κ1) is 15.1. The number of aromatic nitrogens is 2. The number of rotatable bonds is 4. The number of nitrogens with zero attached hydrogens (tertiary/aromatic N) is 2. The molecule has 1 aliphatic heterocycles. The quantitative estimate of drug-likeness (QED) is 0.943. The predicted molar refractivity (Wildman–Crippen MR) is 89.8 cm³/mol. The Morgan fingerprint density at radius 2 is 2.05 bits per heavy atom. The van der Waals surface area contributed by atoms with Crippen LogP contribution in [0.25, 0.3) is 5.69 Å². The molecule has 4 nitrogen and oxygen atoms in total. The molecule has 0 aliphatic carbocycles. The van der Waals surface area contributed by atoms with Crippen LogP contribution in [0.1, 0.15) is 44.7 Å². The molecule has 2 aromatic rings. The first-order valence-electron chi connectivity index (χ1n) is 8.28. The van der Waals surface area contributed by atoms with E-state index in [1.54, 1.807) is 9.13 Å². The lowest BCUT2D eigenvalue weighted by molar-refractivity contribution is 0.399. The van der Waals surface area contributed by atoms with Crippen molar-refractivity contribution in [3.63, 3.8) is 0 Å². The number of imidazole rings is 1. The molecule has 2 heterocycles. The Labute approximate surface area is 131 Å². The van der Waals surface area contributed by atoms with Crippen LogP contribution < -0.4 is 11.0 Å². The van der Waals surface area contributed by atoms with Crippen LogP contribution in [-0.2, 0) is 6.42 Å². The van der Waals surface area contributed by atoms with E-state index < -0.39 is 0 Å². The molecule has 3 rings (SSSR count). The van der Waals surface area contributed by atoms with Crippen LogP contribution in [0.5, 0.6) is 0 Å². The lowest BCUT2D eigenvalue weighted by Gasteiger charge is -2.24. The fraction of sp³-hybridized carbons (Fsp3) is 0.500. The van der Waals surface area contributed by atoms with Gasteiger partial charge in [-0.2, -0.15) is 0 Å². The van der Waals surface area contributed by atoms with Crippen molar-refractivity contribution in [2.45, 2.75) is 51.6 Å². The maximum atomic E-state index is 12.6. The summed E-state index contributed by atoms with van der Waals surface area (Å²) < 4.78 is 3.55. The summed E-state index contributed by atoms with van der Waals surface area (Å²) in [5, 5.41) is 3.59. The average Bonchev–Trinajstić information content (AvgIpc) is 2.91. The van der Waals surface area contributed by atoms with Gasteiger partial charge >= 0.3 is 5.69 Å². The van der Waals surface area contributed by atoms with Crippen molar-refractivity contribution in [3.8, 4) is 5.69 Å². The Kier molecular flexibility index (Phi) is 4.48. The van der Waals surface area contributed by atoms with E-state index in [1.807, 2.05) is 38.4 Å². The molecule has 1 unspecified atom stereocenters. The topological polar surface area (TPSA) is 39.0 Å². The molecule has 0 amide bonds. The normalized spacial score (nSPS) is 18.8. The van der Waals surface area contributed by atoms with Crippen molar-refractivity contribution in [2.75, 3.05) is 6.54 Å². The van der Waals surface area contributed by atoms with Gasteiger partial charge in [-0.15, -0.1) is 0 Å². The minimum absolute atomic E-state index is 0.0408. The number of hydrogen-bond donors (Lipinski definition) is 1. The fourth-order valence-corrected chi connectivity index (χ4v) is 3.25. The lowest BCUT2D eigenvalue weighted by atomic mass is 9.97. The average molecular weight is 299 g/mol. The molecule has 1 aliphatic rings. The standard InChI is InChI=1S/C18H25N3O/c1-14(2)20-11-12-21(18(20)22)17-9-4-3-7-15(17)13-16-8-5-6-10-19-16/h3-4,7,9,11-12,14,16,19H,5-6,8,10,13H2,1-2H3. The fourth-order valence-electron chi connectivity index (χ4n) is 3.25. The van der Waals surface area contributed by atoms with Crippen molar-refractivity contribution in [2.24, 2.45) is 0 Å². The van der Waals surface area contributed by atoms with Gasteiger partial charge in [0.05, 0.1) is 5.69 Å². The molecule has 1 N–H and O–H groups in total. The van der Waals surface area contributed by atoms with Crippen molar-refractivity contribution in [1.29, 1.82) is 0 Å². The van der Waals surface area contributed by atoms with E-state index in [1.165, 1.54) is 24.8 Å². The van der Waals surface area contributed by atoms with Gasteiger partial charge < -0.3 is 5.32 Å². The number of benzene rings is 1. The van der Waals surface area contributed by atoms with Crippen LogP contribution in [0.15, 0.2) is 41.5 Å². The molecular formula is C18H25N3O. The Morgan fingerprint density at radius 1 is 1.23 bits per heavy atom. The van der Waals surface area contributed by atoms with Crippen LogP contribution in [0.3, 0.4) is 0 Å². The highest BCUT2D eigenvalue weighted by Crippen LogP contribution is 2.19. The maximum absolute atomic E-state index is 12.6. The van der Waals surface area contributed by atoms with Gasteiger partial charge in [-0.05, 0) is 51.3 Å². The molecular weight excluding hydrogens is 274 g/mol. The largest absolute Gasteiger partial charge is 0.332 e. The van der Waals surface area contributed by atoms with Crippen molar-refractivity contribution >= 4 is 0 Å². The number of para-hydroxylation sites is 1. The Hall–Kier alpha value is -1.81. The maximum Gasteiger partial charge on any atom is 0.332 e. The Bertz CT molecular complexity index is 678. The summed E-state index contributed by atoms with van der Waals surface area (Å²) in [5.41, 5.74) is 2.30. The smallest absolute Gasteiger partial charge is 0.314 e. The van der Waals surface area contributed by atoms with E-state index in [0.717, 1.165) is 18.7 Å². The molecule has 4 heteroatoms. The summed E-state index contributed by atoms with van der Waals surface area (Å²) in [7, 11) is 0. The minimum Gasteiger partial charge on any atom is -0.314 e. The van der Waals surface area contributed by atoms with Gasteiger partial charge in [0.2, 0.25) is 0 Å². The lowest BCUT2D eigenvalue weighted by Crippen LogP contribution is -2.36. The Balaban J connectivity index is 1.92. The van der Waals surface area contributed by atoms with E-state index in [0.29, 0.717) is 6.04 Å². The molecule has 1 atom stereocenters. The summed E-state index contributed by atoms with van der Waals surface area (Å²) in [4.78, 5) is 12.6. The van der Waals surface area contributed by atoms with Gasteiger partial charge in [-0.3, -0.25) is 9.13 Å². The minimum atomic E-state index is 0.0408. The molecule has 0 radical (unpaired) electrons. The zero-order chi connectivity index (χ0) is 15.5. The monoisotopic (exact) mass is 299 g/mol.